The first-order chi connectivity index (χ1) is 9.33. The summed E-state index contributed by atoms with van der Waals surface area (Å²) in [6, 6.07) is 7.66. The molecule has 0 radical (unpaired) electrons. The largest absolute Gasteiger partial charge is 0.354 e. The van der Waals surface area contributed by atoms with E-state index in [0.29, 0.717) is 11.6 Å². The van der Waals surface area contributed by atoms with Crippen LogP contribution in [0.15, 0.2) is 24.3 Å². The maximum Gasteiger partial charge on any atom is 0.230 e. The van der Waals surface area contributed by atoms with Crippen LogP contribution in [0.5, 0.6) is 0 Å². The van der Waals surface area contributed by atoms with Gasteiger partial charge in [0.25, 0.3) is 0 Å². The number of hydrogen-bond acceptors (Lipinski definition) is 2. The van der Waals surface area contributed by atoms with E-state index in [4.69, 9.17) is 17.3 Å². The minimum absolute atomic E-state index is 0. The molecule has 1 saturated carbocycles. The molecule has 2 rings (SSSR count). The van der Waals surface area contributed by atoms with Gasteiger partial charge in [-0.05, 0) is 44.4 Å². The van der Waals surface area contributed by atoms with E-state index in [1.165, 1.54) is 0 Å². The van der Waals surface area contributed by atoms with E-state index >= 15 is 0 Å². The summed E-state index contributed by atoms with van der Waals surface area (Å²) in [5.41, 5.74) is 6.21. The second-order valence-corrected chi connectivity index (χ2v) is 6.90. The molecule has 3 nitrogen and oxygen atoms in total. The quantitative estimate of drug-likeness (QED) is 0.888. The van der Waals surface area contributed by atoms with Crippen molar-refractivity contribution in [3.05, 3.63) is 34.9 Å². The lowest BCUT2D eigenvalue weighted by Crippen LogP contribution is -2.50. The number of carbonyl (C=O) groups is 1. The molecule has 0 saturated heterocycles. The van der Waals surface area contributed by atoms with Gasteiger partial charge in [-0.2, -0.15) is 0 Å². The van der Waals surface area contributed by atoms with Gasteiger partial charge >= 0.3 is 0 Å². The van der Waals surface area contributed by atoms with E-state index in [-0.39, 0.29) is 18.3 Å². The van der Waals surface area contributed by atoms with Crippen LogP contribution in [0.3, 0.4) is 0 Å². The summed E-state index contributed by atoms with van der Waals surface area (Å²) in [5, 5.41) is 3.72. The molecule has 1 aliphatic carbocycles. The van der Waals surface area contributed by atoms with Gasteiger partial charge in [-0.25, -0.2) is 0 Å². The zero-order chi connectivity index (χ0) is 14.8. The van der Waals surface area contributed by atoms with Gasteiger partial charge in [-0.1, -0.05) is 36.6 Å². The fraction of sp³-hybridized carbons (Fsp3) is 0.562. The minimum atomic E-state index is -0.407. The molecule has 1 aromatic rings. The van der Waals surface area contributed by atoms with Crippen LogP contribution in [-0.2, 0) is 10.2 Å². The highest BCUT2D eigenvalue weighted by molar-refractivity contribution is 6.30. The van der Waals surface area contributed by atoms with Crippen LogP contribution in [0.4, 0.5) is 0 Å². The Bertz CT molecular complexity index is 474. The van der Waals surface area contributed by atoms with Crippen molar-refractivity contribution in [2.45, 2.75) is 50.5 Å². The van der Waals surface area contributed by atoms with Crippen molar-refractivity contribution in [1.29, 1.82) is 0 Å². The van der Waals surface area contributed by atoms with Crippen LogP contribution in [0, 0.1) is 0 Å². The highest BCUT2D eigenvalue weighted by Gasteiger charge is 2.42. The summed E-state index contributed by atoms with van der Waals surface area (Å²) < 4.78 is 0. The van der Waals surface area contributed by atoms with Gasteiger partial charge in [0.2, 0.25) is 5.91 Å². The Kier molecular flexibility index (Phi) is 6.09. The van der Waals surface area contributed by atoms with Crippen LogP contribution in [-0.4, -0.2) is 18.0 Å². The van der Waals surface area contributed by atoms with Gasteiger partial charge in [-0.15, -0.1) is 12.4 Å². The minimum Gasteiger partial charge on any atom is -0.354 e. The number of carbonyl (C=O) groups excluding carboxylic acids is 1. The molecule has 0 atom stereocenters. The summed E-state index contributed by atoms with van der Waals surface area (Å²) in [6.07, 6.45) is 3.96. The third-order valence-corrected chi connectivity index (χ3v) is 4.25. The van der Waals surface area contributed by atoms with E-state index in [1.54, 1.807) is 0 Å². The zero-order valence-electron chi connectivity index (χ0n) is 12.6. The van der Waals surface area contributed by atoms with Crippen LogP contribution < -0.4 is 11.1 Å². The third kappa shape index (κ3) is 4.35. The maximum atomic E-state index is 12.7. The molecule has 0 heterocycles. The topological polar surface area (TPSA) is 55.1 Å². The fourth-order valence-corrected chi connectivity index (χ4v) is 3.00. The van der Waals surface area contributed by atoms with Crippen molar-refractivity contribution >= 4 is 29.9 Å². The predicted octanol–water partition coefficient (Wildman–Crippen LogP) is 3.43. The average molecular weight is 331 g/mol. The van der Waals surface area contributed by atoms with Crippen molar-refractivity contribution in [2.75, 3.05) is 6.54 Å². The predicted molar refractivity (Wildman–Crippen MR) is 90.1 cm³/mol. The molecule has 118 valence electrons. The van der Waals surface area contributed by atoms with Crippen LogP contribution in [0.2, 0.25) is 5.02 Å². The Morgan fingerprint density at radius 2 is 1.81 bits per heavy atom. The number of nitrogens with one attached hydrogen (secondary N) is 1. The molecule has 0 aromatic heterocycles. The average Bonchev–Trinajstić information content (AvgIpc) is 2.86. The van der Waals surface area contributed by atoms with Gasteiger partial charge < -0.3 is 11.1 Å². The number of rotatable bonds is 4. The second kappa shape index (κ2) is 6.99. The summed E-state index contributed by atoms with van der Waals surface area (Å²) in [7, 11) is 0. The number of hydrogen-bond donors (Lipinski definition) is 2. The molecule has 0 spiro atoms. The van der Waals surface area contributed by atoms with E-state index in [1.807, 2.05) is 38.1 Å². The first-order valence-electron chi connectivity index (χ1n) is 7.17. The number of nitrogens with two attached hydrogens (primary N) is 1. The third-order valence-electron chi connectivity index (χ3n) is 3.99. The van der Waals surface area contributed by atoms with Crippen LogP contribution in [0.25, 0.3) is 0 Å². The standard InChI is InChI=1S/C16H23ClN2O.ClH/c1-15(2,18)11-19-14(20)16(9-3-4-10-16)12-5-7-13(17)8-6-12;/h5-8H,3-4,9-11,18H2,1-2H3,(H,19,20);1H. The lowest BCUT2D eigenvalue weighted by molar-refractivity contribution is -0.126. The SMILES string of the molecule is CC(C)(N)CNC(=O)C1(c2ccc(Cl)cc2)CCCC1.Cl. The first-order valence-corrected chi connectivity index (χ1v) is 7.55. The highest BCUT2D eigenvalue weighted by atomic mass is 35.5. The number of benzene rings is 1. The normalized spacial score (nSPS) is 17.1. The van der Waals surface area contributed by atoms with E-state index in [9.17, 15) is 4.79 Å². The van der Waals surface area contributed by atoms with E-state index in [2.05, 4.69) is 5.32 Å². The Morgan fingerprint density at radius 1 is 1.29 bits per heavy atom. The Morgan fingerprint density at radius 3 is 2.29 bits per heavy atom. The maximum absolute atomic E-state index is 12.7. The molecule has 3 N–H and O–H groups in total. The van der Waals surface area contributed by atoms with Gasteiger partial charge in [0, 0.05) is 17.1 Å². The van der Waals surface area contributed by atoms with Crippen molar-refractivity contribution in [2.24, 2.45) is 5.73 Å². The highest BCUT2D eigenvalue weighted by Crippen LogP contribution is 2.41. The molecule has 0 unspecified atom stereocenters. The lowest BCUT2D eigenvalue weighted by Gasteiger charge is -2.30. The molecule has 0 aliphatic heterocycles. The van der Waals surface area contributed by atoms with Gasteiger partial charge in [0.05, 0.1) is 5.41 Å². The van der Waals surface area contributed by atoms with Gasteiger partial charge in [0.1, 0.15) is 0 Å². The molecule has 21 heavy (non-hydrogen) atoms. The van der Waals surface area contributed by atoms with Gasteiger partial charge in [0.15, 0.2) is 0 Å². The summed E-state index contributed by atoms with van der Waals surface area (Å²) in [5.74, 6) is 0.0934. The van der Waals surface area contributed by atoms with Crippen LogP contribution in [0.1, 0.15) is 45.1 Å². The lowest BCUT2D eigenvalue weighted by atomic mass is 9.78. The molecule has 0 bridgehead atoms. The summed E-state index contributed by atoms with van der Waals surface area (Å²) in [6.45, 7) is 4.31. The Balaban J connectivity index is 0.00000220. The number of amides is 1. The van der Waals surface area contributed by atoms with Crippen molar-refractivity contribution in [3.63, 3.8) is 0 Å². The smallest absolute Gasteiger partial charge is 0.230 e. The monoisotopic (exact) mass is 330 g/mol. The first kappa shape index (κ1) is 18.3. The second-order valence-electron chi connectivity index (χ2n) is 6.47. The van der Waals surface area contributed by atoms with Crippen molar-refractivity contribution in [3.8, 4) is 0 Å². The molecule has 1 fully saturated rings. The summed E-state index contributed by atoms with van der Waals surface area (Å²) >= 11 is 5.95. The number of halogens is 2. The molecule has 1 aromatic carbocycles. The molecular formula is C16H24Cl2N2O. The van der Waals surface area contributed by atoms with Crippen LogP contribution >= 0.6 is 24.0 Å². The summed E-state index contributed by atoms with van der Waals surface area (Å²) in [4.78, 5) is 12.7. The molecule has 1 aliphatic rings. The molecule has 1 amide bonds. The van der Waals surface area contributed by atoms with Crippen molar-refractivity contribution in [1.82, 2.24) is 5.32 Å². The molecular weight excluding hydrogens is 307 g/mol. The Labute approximate surface area is 138 Å². The van der Waals surface area contributed by atoms with Crippen molar-refractivity contribution < 1.29 is 4.79 Å². The Hall–Kier alpha value is -0.770. The molecule has 5 heteroatoms. The fourth-order valence-electron chi connectivity index (χ4n) is 2.87. The van der Waals surface area contributed by atoms with Gasteiger partial charge in [-0.3, -0.25) is 4.79 Å². The van der Waals surface area contributed by atoms with E-state index < -0.39 is 11.0 Å². The van der Waals surface area contributed by atoms with E-state index in [0.717, 1.165) is 31.2 Å². The zero-order valence-corrected chi connectivity index (χ0v) is 14.2.